The second-order valence-corrected chi connectivity index (χ2v) is 7.72. The number of carbonyl (C=O) groups excluding carboxylic acids is 1. The molecule has 1 aliphatic carbocycles. The van der Waals surface area contributed by atoms with Crippen molar-refractivity contribution in [1.82, 2.24) is 14.9 Å². The minimum Gasteiger partial charge on any atom is -0.486 e. The Morgan fingerprint density at radius 3 is 2.68 bits per heavy atom. The highest BCUT2D eigenvalue weighted by molar-refractivity contribution is 5.84. The van der Waals surface area contributed by atoms with E-state index in [1.165, 1.54) is 12.1 Å². The van der Waals surface area contributed by atoms with E-state index in [1.807, 2.05) is 24.3 Å². The Hall–Kier alpha value is -3.23. The average Bonchev–Trinajstić information content (AvgIpc) is 3.10. The first-order chi connectivity index (χ1) is 14.9. The number of aryl methyl sites for hydroxylation is 1. The molecule has 0 spiro atoms. The number of benzene rings is 2. The van der Waals surface area contributed by atoms with Gasteiger partial charge in [0.15, 0.2) is 11.5 Å². The third-order valence-electron chi connectivity index (χ3n) is 5.67. The summed E-state index contributed by atoms with van der Waals surface area (Å²) in [6.45, 7) is 0.126. The summed E-state index contributed by atoms with van der Waals surface area (Å²) in [4.78, 5) is 16.6. The van der Waals surface area contributed by atoms with E-state index in [0.29, 0.717) is 24.7 Å². The molecule has 1 aromatic heterocycles. The van der Waals surface area contributed by atoms with Crippen LogP contribution in [-0.2, 0) is 23.9 Å². The summed E-state index contributed by atoms with van der Waals surface area (Å²) in [5, 5.41) is 2.91. The van der Waals surface area contributed by atoms with Crippen molar-refractivity contribution in [3.63, 3.8) is 0 Å². The number of carbonyl (C=O) groups is 1. The molecule has 0 fully saturated rings. The molecule has 9 heteroatoms. The first kappa shape index (κ1) is 19.7. The number of nitrogens with zero attached hydrogens (tertiary/aromatic N) is 2. The smallest absolute Gasteiger partial charge is 0.449 e. The summed E-state index contributed by atoms with van der Waals surface area (Å²) in [6, 6.07) is 10.5. The third kappa shape index (κ3) is 3.68. The summed E-state index contributed by atoms with van der Waals surface area (Å²) in [6.07, 6.45) is -2.12. The van der Waals surface area contributed by atoms with Crippen molar-refractivity contribution in [2.75, 3.05) is 13.2 Å². The molecule has 1 aliphatic heterocycles. The highest BCUT2D eigenvalue weighted by Crippen LogP contribution is 2.38. The molecule has 0 saturated carbocycles. The molecule has 0 bridgehead atoms. The van der Waals surface area contributed by atoms with E-state index >= 15 is 0 Å². The predicted octanol–water partition coefficient (Wildman–Crippen LogP) is 4.02. The molecule has 0 unspecified atom stereocenters. The number of halogens is 3. The van der Waals surface area contributed by atoms with E-state index in [0.717, 1.165) is 35.0 Å². The van der Waals surface area contributed by atoms with Crippen LogP contribution in [0.4, 0.5) is 13.2 Å². The van der Waals surface area contributed by atoms with Gasteiger partial charge in [-0.1, -0.05) is 24.3 Å². The average molecular weight is 431 g/mol. The standard InChI is InChI=1S/C22H20F3N3O3/c23-22(24,25)21-27-16-10-18-19(31-9-8-30-18)11-17(16)28(21)12-20(29)26-15-7-3-5-13-4-1-2-6-14(13)15/h1-2,4,6,10-11,15H,3,5,7-9,12H2,(H,26,29)/t15-/m1/s1. The maximum Gasteiger partial charge on any atom is 0.449 e. The minimum atomic E-state index is -4.71. The van der Waals surface area contributed by atoms with Crippen LogP contribution in [0.3, 0.4) is 0 Å². The van der Waals surface area contributed by atoms with Gasteiger partial charge in [0, 0.05) is 12.1 Å². The number of imidazole rings is 1. The van der Waals surface area contributed by atoms with Gasteiger partial charge < -0.3 is 19.4 Å². The first-order valence-corrected chi connectivity index (χ1v) is 10.1. The molecule has 0 radical (unpaired) electrons. The van der Waals surface area contributed by atoms with Gasteiger partial charge in [0.1, 0.15) is 19.8 Å². The number of aromatic nitrogens is 2. The Balaban J connectivity index is 1.47. The number of hydrogen-bond acceptors (Lipinski definition) is 4. The van der Waals surface area contributed by atoms with Crippen LogP contribution >= 0.6 is 0 Å². The fourth-order valence-corrected chi connectivity index (χ4v) is 4.33. The van der Waals surface area contributed by atoms with E-state index in [4.69, 9.17) is 9.47 Å². The van der Waals surface area contributed by atoms with Crippen LogP contribution in [0, 0.1) is 0 Å². The van der Waals surface area contributed by atoms with Crippen molar-refractivity contribution in [1.29, 1.82) is 0 Å². The SMILES string of the molecule is O=C(Cn1c(C(F)(F)F)nc2cc3c(cc21)OCCO3)N[C@@H]1CCCc2ccccc21. The number of alkyl halides is 3. The second-order valence-electron chi connectivity index (χ2n) is 7.72. The van der Waals surface area contributed by atoms with Gasteiger partial charge in [0.2, 0.25) is 11.7 Å². The summed E-state index contributed by atoms with van der Waals surface area (Å²) in [7, 11) is 0. The van der Waals surface area contributed by atoms with Gasteiger partial charge in [0.25, 0.3) is 0 Å². The Morgan fingerprint density at radius 2 is 1.90 bits per heavy atom. The lowest BCUT2D eigenvalue weighted by Crippen LogP contribution is -2.34. The van der Waals surface area contributed by atoms with Crippen LogP contribution in [0.25, 0.3) is 11.0 Å². The number of ether oxygens (including phenoxy) is 2. The lowest BCUT2D eigenvalue weighted by atomic mass is 9.88. The molecule has 2 aliphatic rings. The molecule has 162 valence electrons. The molecule has 1 amide bonds. The number of nitrogens with one attached hydrogen (secondary N) is 1. The minimum absolute atomic E-state index is 0.104. The van der Waals surface area contributed by atoms with Crippen LogP contribution < -0.4 is 14.8 Å². The van der Waals surface area contributed by atoms with Gasteiger partial charge in [0.05, 0.1) is 17.1 Å². The van der Waals surface area contributed by atoms with Crippen LogP contribution in [0.2, 0.25) is 0 Å². The van der Waals surface area contributed by atoms with Crippen LogP contribution in [0.15, 0.2) is 36.4 Å². The van der Waals surface area contributed by atoms with E-state index in [9.17, 15) is 18.0 Å². The maximum absolute atomic E-state index is 13.7. The van der Waals surface area contributed by atoms with Gasteiger partial charge in [-0.25, -0.2) is 4.98 Å². The van der Waals surface area contributed by atoms with Crippen molar-refractivity contribution in [3.8, 4) is 11.5 Å². The third-order valence-corrected chi connectivity index (χ3v) is 5.67. The van der Waals surface area contributed by atoms with E-state index in [1.54, 1.807) is 0 Å². The predicted molar refractivity (Wildman–Crippen MR) is 106 cm³/mol. The van der Waals surface area contributed by atoms with E-state index in [-0.39, 0.29) is 17.1 Å². The van der Waals surface area contributed by atoms with Crippen molar-refractivity contribution in [2.24, 2.45) is 0 Å². The van der Waals surface area contributed by atoms with E-state index < -0.39 is 24.5 Å². The second kappa shape index (κ2) is 7.47. The van der Waals surface area contributed by atoms with Gasteiger partial charge in [-0.15, -0.1) is 0 Å². The topological polar surface area (TPSA) is 65.4 Å². The molecule has 2 aromatic carbocycles. The normalized spacial score (nSPS) is 18.0. The van der Waals surface area contributed by atoms with Crippen molar-refractivity contribution >= 4 is 16.9 Å². The first-order valence-electron chi connectivity index (χ1n) is 10.1. The van der Waals surface area contributed by atoms with Gasteiger partial charge in [-0.05, 0) is 30.4 Å². The van der Waals surface area contributed by atoms with Crippen molar-refractivity contribution in [2.45, 2.75) is 38.0 Å². The zero-order chi connectivity index (χ0) is 21.6. The highest BCUT2D eigenvalue weighted by atomic mass is 19.4. The molecule has 31 heavy (non-hydrogen) atoms. The molecule has 1 atom stereocenters. The molecule has 0 saturated heterocycles. The molecule has 5 rings (SSSR count). The number of amides is 1. The fourth-order valence-electron chi connectivity index (χ4n) is 4.33. The van der Waals surface area contributed by atoms with Gasteiger partial charge in [-0.3, -0.25) is 4.79 Å². The molecule has 3 aromatic rings. The number of hydrogen-bond donors (Lipinski definition) is 1. The Bertz CT molecular complexity index is 1160. The van der Waals surface area contributed by atoms with Gasteiger partial charge in [-0.2, -0.15) is 13.2 Å². The van der Waals surface area contributed by atoms with E-state index in [2.05, 4.69) is 10.3 Å². The van der Waals surface area contributed by atoms with Crippen LogP contribution in [-0.4, -0.2) is 28.7 Å². The van der Waals surface area contributed by atoms with Crippen LogP contribution in [0.1, 0.15) is 35.8 Å². The number of fused-ring (bicyclic) bond motifs is 3. The largest absolute Gasteiger partial charge is 0.486 e. The molecule has 6 nitrogen and oxygen atoms in total. The maximum atomic E-state index is 13.7. The van der Waals surface area contributed by atoms with Gasteiger partial charge >= 0.3 is 6.18 Å². The summed E-state index contributed by atoms with van der Waals surface area (Å²) < 4.78 is 52.9. The number of rotatable bonds is 3. The van der Waals surface area contributed by atoms with Crippen molar-refractivity contribution in [3.05, 3.63) is 53.3 Å². The molecule has 2 heterocycles. The summed E-state index contributed by atoms with van der Waals surface area (Å²) in [5.41, 5.74) is 2.46. The fraction of sp³-hybridized carbons (Fsp3) is 0.364. The lowest BCUT2D eigenvalue weighted by molar-refractivity contribution is -0.147. The molecule has 1 N–H and O–H groups in total. The monoisotopic (exact) mass is 431 g/mol. The summed E-state index contributed by atoms with van der Waals surface area (Å²) in [5.74, 6) is -0.930. The highest BCUT2D eigenvalue weighted by Gasteiger charge is 2.38. The quantitative estimate of drug-likeness (QED) is 0.681. The Labute approximate surface area is 176 Å². The zero-order valence-electron chi connectivity index (χ0n) is 16.5. The summed E-state index contributed by atoms with van der Waals surface area (Å²) >= 11 is 0. The molecular formula is C22H20F3N3O3. The zero-order valence-corrected chi connectivity index (χ0v) is 16.5. The van der Waals surface area contributed by atoms with Crippen molar-refractivity contribution < 1.29 is 27.4 Å². The Kier molecular flexibility index (Phi) is 4.75. The Morgan fingerprint density at radius 1 is 1.16 bits per heavy atom. The molecular weight excluding hydrogens is 411 g/mol. The lowest BCUT2D eigenvalue weighted by Gasteiger charge is -2.26. The van der Waals surface area contributed by atoms with Crippen LogP contribution in [0.5, 0.6) is 11.5 Å².